The molecule has 0 radical (unpaired) electrons. The van der Waals surface area contributed by atoms with Gasteiger partial charge in [-0.2, -0.15) is 0 Å². The summed E-state index contributed by atoms with van der Waals surface area (Å²) in [4.78, 5) is 0. The van der Waals surface area contributed by atoms with E-state index in [2.05, 4.69) is 34.6 Å². The number of hydrogen-bond donors (Lipinski definition) is 0. The van der Waals surface area contributed by atoms with Crippen LogP contribution in [0.5, 0.6) is 0 Å². The van der Waals surface area contributed by atoms with Gasteiger partial charge in [0.05, 0.1) is 0 Å². The summed E-state index contributed by atoms with van der Waals surface area (Å²) in [5, 5.41) is 0. The van der Waals surface area contributed by atoms with Crippen molar-refractivity contribution >= 4 is 0 Å². The first-order chi connectivity index (χ1) is 9.42. The van der Waals surface area contributed by atoms with Gasteiger partial charge >= 0.3 is 0 Å². The summed E-state index contributed by atoms with van der Waals surface area (Å²) in [7, 11) is 0. The van der Waals surface area contributed by atoms with Crippen molar-refractivity contribution in [1.29, 1.82) is 0 Å². The second kappa shape index (κ2) is 12.6. The van der Waals surface area contributed by atoms with Crippen LogP contribution < -0.4 is 0 Å². The molecular weight excluding hydrogens is 248 g/mol. The molecule has 0 fully saturated rings. The van der Waals surface area contributed by atoms with Crippen molar-refractivity contribution < 1.29 is 9.47 Å². The number of rotatable bonds is 13. The van der Waals surface area contributed by atoms with Crippen molar-refractivity contribution in [1.82, 2.24) is 0 Å². The second-order valence-corrected chi connectivity index (χ2v) is 7.49. The minimum absolute atomic E-state index is 0.433. The van der Waals surface area contributed by atoms with Crippen molar-refractivity contribution in [3.05, 3.63) is 0 Å². The fourth-order valence-corrected chi connectivity index (χ4v) is 2.11. The lowest BCUT2D eigenvalue weighted by molar-refractivity contribution is 0.0769. The normalized spacial score (nSPS) is 12.3. The van der Waals surface area contributed by atoms with Crippen LogP contribution in [0, 0.1) is 11.3 Å². The molecule has 0 spiro atoms. The molecule has 20 heavy (non-hydrogen) atoms. The zero-order valence-electron chi connectivity index (χ0n) is 14.7. The highest BCUT2D eigenvalue weighted by Gasteiger charge is 2.08. The summed E-state index contributed by atoms with van der Waals surface area (Å²) in [5.74, 6) is 0.839. The summed E-state index contributed by atoms with van der Waals surface area (Å²) >= 11 is 0. The Morgan fingerprint density at radius 1 is 0.700 bits per heavy atom. The van der Waals surface area contributed by atoms with Gasteiger partial charge in [-0.1, -0.05) is 53.9 Å². The van der Waals surface area contributed by atoms with E-state index in [1.807, 2.05) is 0 Å². The van der Waals surface area contributed by atoms with Crippen LogP contribution in [0.25, 0.3) is 0 Å². The molecule has 0 aromatic carbocycles. The van der Waals surface area contributed by atoms with Crippen LogP contribution in [-0.2, 0) is 9.47 Å². The lowest BCUT2D eigenvalue weighted by Crippen LogP contribution is -2.08. The van der Waals surface area contributed by atoms with Gasteiger partial charge in [0.2, 0.25) is 0 Å². The van der Waals surface area contributed by atoms with Crippen molar-refractivity contribution in [2.75, 3.05) is 26.4 Å². The van der Waals surface area contributed by atoms with Gasteiger partial charge in [-0.05, 0) is 37.0 Å². The first-order valence-corrected chi connectivity index (χ1v) is 8.57. The molecule has 0 amide bonds. The monoisotopic (exact) mass is 286 g/mol. The molecule has 0 saturated heterocycles. The first-order valence-electron chi connectivity index (χ1n) is 8.57. The summed E-state index contributed by atoms with van der Waals surface area (Å²) in [6.07, 6.45) is 8.64. The van der Waals surface area contributed by atoms with E-state index in [-0.39, 0.29) is 0 Å². The fraction of sp³-hybridized carbons (Fsp3) is 1.00. The average molecular weight is 286 g/mol. The first kappa shape index (κ1) is 19.9. The Kier molecular flexibility index (Phi) is 12.6. The van der Waals surface area contributed by atoms with Gasteiger partial charge in [-0.25, -0.2) is 0 Å². The molecule has 0 bridgehead atoms. The van der Waals surface area contributed by atoms with E-state index in [1.54, 1.807) is 0 Å². The van der Waals surface area contributed by atoms with Gasteiger partial charge in [0.15, 0.2) is 0 Å². The molecule has 0 aliphatic rings. The Bertz CT molecular complexity index is 194. The van der Waals surface area contributed by atoms with E-state index >= 15 is 0 Å². The van der Waals surface area contributed by atoms with Crippen LogP contribution in [0.2, 0.25) is 0 Å². The molecule has 0 atom stereocenters. The SMILES string of the molecule is CC(C)CCCCCOCCCOCCCC(C)(C)C. The number of unbranched alkanes of at least 4 members (excludes halogenated alkanes) is 2. The van der Waals surface area contributed by atoms with Crippen molar-refractivity contribution in [3.63, 3.8) is 0 Å². The predicted octanol–water partition coefficient (Wildman–Crippen LogP) is 5.45. The van der Waals surface area contributed by atoms with Gasteiger partial charge in [0, 0.05) is 26.4 Å². The van der Waals surface area contributed by atoms with E-state index < -0.39 is 0 Å². The van der Waals surface area contributed by atoms with Crippen molar-refractivity contribution in [2.45, 2.75) is 79.6 Å². The third-order valence-corrected chi connectivity index (χ3v) is 3.36. The van der Waals surface area contributed by atoms with Crippen molar-refractivity contribution in [3.8, 4) is 0 Å². The molecular formula is C18H38O2. The van der Waals surface area contributed by atoms with Gasteiger partial charge in [0.25, 0.3) is 0 Å². The maximum Gasteiger partial charge on any atom is 0.0487 e. The van der Waals surface area contributed by atoms with Gasteiger partial charge in [-0.15, -0.1) is 0 Å². The smallest absolute Gasteiger partial charge is 0.0487 e. The largest absolute Gasteiger partial charge is 0.381 e. The zero-order chi connectivity index (χ0) is 15.3. The summed E-state index contributed by atoms with van der Waals surface area (Å²) in [5.41, 5.74) is 0.433. The molecule has 0 aromatic heterocycles. The van der Waals surface area contributed by atoms with Gasteiger partial charge in [0.1, 0.15) is 0 Å². The van der Waals surface area contributed by atoms with Crippen LogP contribution in [0.1, 0.15) is 79.6 Å². The van der Waals surface area contributed by atoms with Gasteiger partial charge < -0.3 is 9.47 Å². The Balaban J connectivity index is 3.03. The molecule has 2 nitrogen and oxygen atoms in total. The maximum atomic E-state index is 5.62. The quantitative estimate of drug-likeness (QED) is 0.419. The Labute approximate surface area is 127 Å². The molecule has 0 N–H and O–H groups in total. The van der Waals surface area contributed by atoms with Crippen molar-refractivity contribution in [2.24, 2.45) is 11.3 Å². The minimum atomic E-state index is 0.433. The average Bonchev–Trinajstić information content (AvgIpc) is 2.33. The zero-order valence-corrected chi connectivity index (χ0v) is 14.7. The molecule has 0 rings (SSSR count). The highest BCUT2D eigenvalue weighted by Crippen LogP contribution is 2.20. The van der Waals surface area contributed by atoms with Crippen LogP contribution >= 0.6 is 0 Å². The van der Waals surface area contributed by atoms with Gasteiger partial charge in [-0.3, -0.25) is 0 Å². The van der Waals surface area contributed by atoms with E-state index in [9.17, 15) is 0 Å². The molecule has 0 heterocycles. The molecule has 0 unspecified atom stereocenters. The molecule has 0 aliphatic carbocycles. The third kappa shape index (κ3) is 17.9. The Morgan fingerprint density at radius 2 is 1.25 bits per heavy atom. The highest BCUT2D eigenvalue weighted by atomic mass is 16.5. The number of hydrogen-bond acceptors (Lipinski definition) is 2. The van der Waals surface area contributed by atoms with Crippen LogP contribution in [-0.4, -0.2) is 26.4 Å². The lowest BCUT2D eigenvalue weighted by Gasteiger charge is -2.17. The van der Waals surface area contributed by atoms with E-state index in [4.69, 9.17) is 9.47 Å². The molecule has 122 valence electrons. The standard InChI is InChI=1S/C18H38O2/c1-17(2)11-7-6-8-13-19-15-10-16-20-14-9-12-18(3,4)5/h17H,6-16H2,1-5H3. The summed E-state index contributed by atoms with van der Waals surface area (Å²) < 4.78 is 11.2. The highest BCUT2D eigenvalue weighted by molar-refractivity contribution is 4.60. The molecule has 0 saturated carbocycles. The second-order valence-electron chi connectivity index (χ2n) is 7.49. The van der Waals surface area contributed by atoms with E-state index in [1.165, 1.54) is 38.5 Å². The molecule has 0 aromatic rings. The Morgan fingerprint density at radius 3 is 1.80 bits per heavy atom. The minimum Gasteiger partial charge on any atom is -0.381 e. The fourth-order valence-electron chi connectivity index (χ4n) is 2.11. The molecule has 2 heteroatoms. The maximum absolute atomic E-state index is 5.62. The third-order valence-electron chi connectivity index (χ3n) is 3.36. The summed E-state index contributed by atoms with van der Waals surface area (Å²) in [6, 6.07) is 0. The van der Waals surface area contributed by atoms with Crippen LogP contribution in [0.4, 0.5) is 0 Å². The summed E-state index contributed by atoms with van der Waals surface area (Å²) in [6.45, 7) is 14.9. The Hall–Kier alpha value is -0.0800. The molecule has 0 aliphatic heterocycles. The predicted molar refractivity (Wildman–Crippen MR) is 88.3 cm³/mol. The lowest BCUT2D eigenvalue weighted by atomic mass is 9.91. The number of ether oxygens (including phenoxy) is 2. The van der Waals surface area contributed by atoms with E-state index in [0.29, 0.717) is 5.41 Å². The van der Waals surface area contributed by atoms with Crippen LogP contribution in [0.15, 0.2) is 0 Å². The van der Waals surface area contributed by atoms with Crippen LogP contribution in [0.3, 0.4) is 0 Å². The van der Waals surface area contributed by atoms with E-state index in [0.717, 1.165) is 38.8 Å². The topological polar surface area (TPSA) is 18.5 Å².